The number of aryl methyl sites for hydroxylation is 1. The van der Waals surface area contributed by atoms with Crippen molar-refractivity contribution in [3.63, 3.8) is 0 Å². The minimum absolute atomic E-state index is 0.0371. The van der Waals surface area contributed by atoms with Crippen molar-refractivity contribution >= 4 is 22.9 Å². The van der Waals surface area contributed by atoms with E-state index in [0.29, 0.717) is 19.5 Å². The lowest BCUT2D eigenvalue weighted by Crippen LogP contribution is -2.40. The second kappa shape index (κ2) is 8.70. The Morgan fingerprint density at radius 2 is 2.04 bits per heavy atom. The van der Waals surface area contributed by atoms with Crippen molar-refractivity contribution in [3.05, 3.63) is 52.2 Å². The van der Waals surface area contributed by atoms with Crippen LogP contribution in [-0.4, -0.2) is 30.2 Å². The Labute approximate surface area is 141 Å². The van der Waals surface area contributed by atoms with Crippen molar-refractivity contribution in [1.82, 2.24) is 5.32 Å². The third-order valence-electron chi connectivity index (χ3n) is 3.77. The van der Waals surface area contributed by atoms with Gasteiger partial charge in [0.25, 0.3) is 0 Å². The van der Waals surface area contributed by atoms with E-state index in [-0.39, 0.29) is 12.5 Å². The fourth-order valence-electron chi connectivity index (χ4n) is 2.28. The fraction of sp³-hybridized carbons (Fsp3) is 0.389. The molecule has 4 nitrogen and oxygen atoms in total. The van der Waals surface area contributed by atoms with Gasteiger partial charge in [-0.15, -0.1) is 11.3 Å². The zero-order valence-corrected chi connectivity index (χ0v) is 14.5. The van der Waals surface area contributed by atoms with Crippen LogP contribution in [0.3, 0.4) is 0 Å². The smallest absolute Gasteiger partial charge is 0.239 e. The maximum atomic E-state index is 12.3. The number of thiophene rings is 1. The Kier molecular flexibility index (Phi) is 6.62. The predicted octanol–water partition coefficient (Wildman–Crippen LogP) is 2.95. The van der Waals surface area contributed by atoms with E-state index in [2.05, 4.69) is 11.4 Å². The van der Waals surface area contributed by atoms with Gasteiger partial charge in [0.05, 0.1) is 19.2 Å². The molecule has 1 heterocycles. The summed E-state index contributed by atoms with van der Waals surface area (Å²) in [7, 11) is 0. The third kappa shape index (κ3) is 5.37. The van der Waals surface area contributed by atoms with Crippen LogP contribution in [0.4, 0.5) is 5.69 Å². The van der Waals surface area contributed by atoms with Crippen LogP contribution in [0, 0.1) is 6.92 Å². The van der Waals surface area contributed by atoms with Gasteiger partial charge in [-0.25, -0.2) is 0 Å². The van der Waals surface area contributed by atoms with Crippen molar-refractivity contribution in [3.8, 4) is 0 Å². The summed E-state index contributed by atoms with van der Waals surface area (Å²) >= 11 is 1.65. The Morgan fingerprint density at radius 3 is 2.65 bits per heavy atom. The Hall–Kier alpha value is -1.85. The third-order valence-corrected chi connectivity index (χ3v) is 4.80. The molecule has 124 valence electrons. The van der Waals surface area contributed by atoms with Gasteiger partial charge in [0.15, 0.2) is 0 Å². The number of nitrogens with zero attached hydrogens (tertiary/aromatic N) is 1. The van der Waals surface area contributed by atoms with Crippen molar-refractivity contribution in [1.29, 1.82) is 0 Å². The molecular weight excluding hydrogens is 308 g/mol. The molecule has 23 heavy (non-hydrogen) atoms. The van der Waals surface area contributed by atoms with Crippen LogP contribution in [0.5, 0.6) is 0 Å². The molecule has 1 aromatic carbocycles. The molecule has 0 fully saturated rings. The Bertz CT molecular complexity index is 612. The lowest BCUT2D eigenvalue weighted by atomic mass is 10.2. The lowest BCUT2D eigenvalue weighted by molar-refractivity contribution is -0.119. The van der Waals surface area contributed by atoms with E-state index < -0.39 is 6.10 Å². The number of aliphatic hydroxyl groups is 1. The monoisotopic (exact) mass is 332 g/mol. The maximum Gasteiger partial charge on any atom is 0.239 e. The second-order valence-electron chi connectivity index (χ2n) is 5.58. The van der Waals surface area contributed by atoms with Crippen LogP contribution in [0.15, 0.2) is 41.8 Å². The first-order valence-corrected chi connectivity index (χ1v) is 8.75. The van der Waals surface area contributed by atoms with Gasteiger partial charge >= 0.3 is 0 Å². The van der Waals surface area contributed by atoms with Crippen molar-refractivity contribution < 1.29 is 9.90 Å². The van der Waals surface area contributed by atoms with Gasteiger partial charge in [-0.3, -0.25) is 4.79 Å². The Morgan fingerprint density at radius 1 is 1.30 bits per heavy atom. The molecule has 0 aliphatic carbocycles. The number of amides is 1. The number of aliphatic hydroxyl groups excluding tert-OH is 1. The highest BCUT2D eigenvalue weighted by atomic mass is 32.1. The standard InChI is InChI=1S/C18H24N2O2S/c1-3-16(21)12-20(15-7-5-4-6-8-15)13-18(22)19-11-17-14(2)9-10-23-17/h4-10,16,21H,3,11-13H2,1-2H3,(H,19,22). The van der Waals surface area contributed by atoms with Gasteiger partial charge in [0.2, 0.25) is 5.91 Å². The van der Waals surface area contributed by atoms with Gasteiger partial charge in [-0.2, -0.15) is 0 Å². The molecule has 1 atom stereocenters. The topological polar surface area (TPSA) is 52.6 Å². The minimum Gasteiger partial charge on any atom is -0.391 e. The zero-order valence-electron chi connectivity index (χ0n) is 13.7. The number of hydrogen-bond acceptors (Lipinski definition) is 4. The molecule has 0 radical (unpaired) electrons. The van der Waals surface area contributed by atoms with E-state index in [1.165, 1.54) is 10.4 Å². The van der Waals surface area contributed by atoms with Crippen LogP contribution in [-0.2, 0) is 11.3 Å². The fourth-order valence-corrected chi connectivity index (χ4v) is 3.12. The highest BCUT2D eigenvalue weighted by Crippen LogP contribution is 2.16. The van der Waals surface area contributed by atoms with E-state index in [1.54, 1.807) is 11.3 Å². The number of rotatable bonds is 8. The average molecular weight is 332 g/mol. The first kappa shape index (κ1) is 17.5. The number of benzene rings is 1. The number of anilines is 1. The van der Waals surface area contributed by atoms with Crippen molar-refractivity contribution in [2.75, 3.05) is 18.0 Å². The summed E-state index contributed by atoms with van der Waals surface area (Å²) in [5, 5.41) is 14.9. The molecule has 2 aromatic rings. The number of hydrogen-bond donors (Lipinski definition) is 2. The van der Waals surface area contributed by atoms with Crippen LogP contribution in [0.25, 0.3) is 0 Å². The van der Waals surface area contributed by atoms with Gasteiger partial charge in [-0.05, 0) is 42.5 Å². The van der Waals surface area contributed by atoms with E-state index in [1.807, 2.05) is 54.5 Å². The Balaban J connectivity index is 1.96. The normalized spacial score (nSPS) is 12.0. The molecule has 0 aliphatic rings. The molecular formula is C18H24N2O2S. The summed E-state index contributed by atoms with van der Waals surface area (Å²) in [4.78, 5) is 15.4. The SMILES string of the molecule is CCC(O)CN(CC(=O)NCc1sccc1C)c1ccccc1. The molecule has 0 bridgehead atoms. The van der Waals surface area contributed by atoms with Crippen molar-refractivity contribution in [2.45, 2.75) is 32.9 Å². The largest absolute Gasteiger partial charge is 0.391 e. The van der Waals surface area contributed by atoms with Crippen LogP contribution in [0.2, 0.25) is 0 Å². The summed E-state index contributed by atoms with van der Waals surface area (Å²) in [6.45, 7) is 5.23. The van der Waals surface area contributed by atoms with Crippen LogP contribution in [0.1, 0.15) is 23.8 Å². The first-order valence-electron chi connectivity index (χ1n) is 7.88. The quantitative estimate of drug-likeness (QED) is 0.781. The number of nitrogens with one attached hydrogen (secondary N) is 1. The predicted molar refractivity (Wildman–Crippen MR) is 95.9 cm³/mol. The molecule has 2 rings (SSSR count). The summed E-state index contributed by atoms with van der Waals surface area (Å²) in [6.07, 6.45) is 0.224. The highest BCUT2D eigenvalue weighted by Gasteiger charge is 2.15. The van der Waals surface area contributed by atoms with E-state index in [9.17, 15) is 9.90 Å². The van der Waals surface area contributed by atoms with Gasteiger partial charge in [0, 0.05) is 17.1 Å². The summed E-state index contributed by atoms with van der Waals surface area (Å²) in [6, 6.07) is 11.8. The maximum absolute atomic E-state index is 12.3. The molecule has 1 amide bonds. The van der Waals surface area contributed by atoms with E-state index >= 15 is 0 Å². The summed E-state index contributed by atoms with van der Waals surface area (Å²) in [5.41, 5.74) is 2.15. The highest BCUT2D eigenvalue weighted by molar-refractivity contribution is 7.10. The molecule has 0 spiro atoms. The molecule has 1 unspecified atom stereocenters. The average Bonchev–Trinajstić information content (AvgIpc) is 2.98. The summed E-state index contributed by atoms with van der Waals surface area (Å²) < 4.78 is 0. The molecule has 5 heteroatoms. The molecule has 0 saturated carbocycles. The van der Waals surface area contributed by atoms with Gasteiger partial charge in [0.1, 0.15) is 0 Å². The van der Waals surface area contributed by atoms with E-state index in [0.717, 1.165) is 5.69 Å². The first-order chi connectivity index (χ1) is 11.1. The van der Waals surface area contributed by atoms with Crippen molar-refractivity contribution in [2.24, 2.45) is 0 Å². The van der Waals surface area contributed by atoms with Gasteiger partial charge in [-0.1, -0.05) is 25.1 Å². The van der Waals surface area contributed by atoms with E-state index in [4.69, 9.17) is 0 Å². The minimum atomic E-state index is -0.442. The molecule has 2 N–H and O–H groups in total. The molecule has 0 saturated heterocycles. The van der Waals surface area contributed by atoms with Crippen LogP contribution < -0.4 is 10.2 Å². The summed E-state index contributed by atoms with van der Waals surface area (Å²) in [5.74, 6) is -0.0371. The second-order valence-corrected chi connectivity index (χ2v) is 6.58. The number of para-hydroxylation sites is 1. The lowest BCUT2D eigenvalue weighted by Gasteiger charge is -2.26. The molecule has 0 aliphatic heterocycles. The molecule has 1 aromatic heterocycles. The van der Waals surface area contributed by atoms with Gasteiger partial charge < -0.3 is 15.3 Å². The zero-order chi connectivity index (χ0) is 16.7. The van der Waals surface area contributed by atoms with Crippen LogP contribution >= 0.6 is 11.3 Å². The number of carbonyl (C=O) groups is 1. The number of carbonyl (C=O) groups excluding carboxylic acids is 1.